The van der Waals surface area contributed by atoms with Crippen molar-refractivity contribution in [2.75, 3.05) is 0 Å². The van der Waals surface area contributed by atoms with E-state index in [-0.39, 0.29) is 5.82 Å². The Balaban J connectivity index is 2.33. The third-order valence-corrected chi connectivity index (χ3v) is 3.30. The van der Waals surface area contributed by atoms with Gasteiger partial charge >= 0.3 is 0 Å². The number of halogens is 1. The number of aryl methyl sites for hydroxylation is 2. The lowest BCUT2D eigenvalue weighted by molar-refractivity contribution is 0.195. The molecular formula is C17H19FO2. The molecule has 20 heavy (non-hydrogen) atoms. The van der Waals surface area contributed by atoms with E-state index in [1.807, 2.05) is 24.3 Å². The molecule has 0 aliphatic heterocycles. The summed E-state index contributed by atoms with van der Waals surface area (Å²) in [7, 11) is 0. The zero-order chi connectivity index (χ0) is 14.7. The number of aliphatic hydroxyl groups is 1. The molecule has 106 valence electrons. The monoisotopic (exact) mass is 274 g/mol. The molecule has 1 atom stereocenters. The molecule has 0 aliphatic carbocycles. The Labute approximate surface area is 118 Å². The maximum absolute atomic E-state index is 13.6. The van der Waals surface area contributed by atoms with Gasteiger partial charge in [-0.3, -0.25) is 0 Å². The highest BCUT2D eigenvalue weighted by Crippen LogP contribution is 2.32. The van der Waals surface area contributed by atoms with Crippen molar-refractivity contribution in [3.63, 3.8) is 0 Å². The molecule has 0 amide bonds. The minimum atomic E-state index is -0.782. The van der Waals surface area contributed by atoms with Crippen LogP contribution in [-0.4, -0.2) is 5.11 Å². The van der Waals surface area contributed by atoms with Gasteiger partial charge in [0, 0.05) is 5.56 Å². The number of rotatable bonds is 4. The van der Waals surface area contributed by atoms with E-state index in [2.05, 4.69) is 6.92 Å². The van der Waals surface area contributed by atoms with Crippen molar-refractivity contribution in [2.45, 2.75) is 33.3 Å². The molecule has 0 aromatic heterocycles. The van der Waals surface area contributed by atoms with E-state index < -0.39 is 6.10 Å². The van der Waals surface area contributed by atoms with E-state index in [1.165, 1.54) is 11.6 Å². The van der Waals surface area contributed by atoms with Gasteiger partial charge in [-0.15, -0.1) is 0 Å². The van der Waals surface area contributed by atoms with Crippen LogP contribution in [0, 0.1) is 12.7 Å². The standard InChI is InChI=1S/C17H19FO2/c1-4-13-5-7-14(8-6-13)20-17-9-11(2)16(18)10-15(17)12(3)19/h5-10,12,19H,4H2,1-3H3. The highest BCUT2D eigenvalue weighted by molar-refractivity contribution is 5.42. The zero-order valence-electron chi connectivity index (χ0n) is 12.0. The molecular weight excluding hydrogens is 255 g/mol. The zero-order valence-corrected chi connectivity index (χ0v) is 12.0. The van der Waals surface area contributed by atoms with E-state index in [0.717, 1.165) is 6.42 Å². The van der Waals surface area contributed by atoms with Crippen LogP contribution >= 0.6 is 0 Å². The van der Waals surface area contributed by atoms with Crippen molar-refractivity contribution in [3.05, 3.63) is 58.9 Å². The lowest BCUT2D eigenvalue weighted by Gasteiger charge is -2.15. The molecule has 0 saturated heterocycles. The molecule has 0 saturated carbocycles. The molecule has 2 nitrogen and oxygen atoms in total. The Morgan fingerprint density at radius 1 is 1.20 bits per heavy atom. The van der Waals surface area contributed by atoms with Gasteiger partial charge in [0.2, 0.25) is 0 Å². The first-order chi connectivity index (χ1) is 9.51. The molecule has 3 heteroatoms. The van der Waals surface area contributed by atoms with Gasteiger partial charge in [-0.05, 0) is 55.7 Å². The predicted molar refractivity (Wildman–Crippen MR) is 77.7 cm³/mol. The topological polar surface area (TPSA) is 29.5 Å². The Kier molecular flexibility index (Phi) is 4.40. The van der Waals surface area contributed by atoms with Crippen molar-refractivity contribution in [1.29, 1.82) is 0 Å². The molecule has 1 unspecified atom stereocenters. The summed E-state index contributed by atoms with van der Waals surface area (Å²) in [4.78, 5) is 0. The highest BCUT2D eigenvalue weighted by Gasteiger charge is 2.13. The first-order valence-electron chi connectivity index (χ1n) is 6.76. The van der Waals surface area contributed by atoms with Gasteiger partial charge < -0.3 is 9.84 Å². The van der Waals surface area contributed by atoms with Crippen LogP contribution in [0.2, 0.25) is 0 Å². The van der Waals surface area contributed by atoms with E-state index in [9.17, 15) is 9.50 Å². The summed E-state index contributed by atoms with van der Waals surface area (Å²) in [5, 5.41) is 9.73. The molecule has 2 aromatic rings. The summed E-state index contributed by atoms with van der Waals surface area (Å²) in [5.41, 5.74) is 2.17. The van der Waals surface area contributed by atoms with E-state index in [0.29, 0.717) is 22.6 Å². The summed E-state index contributed by atoms with van der Waals surface area (Å²) in [6.07, 6.45) is 0.185. The van der Waals surface area contributed by atoms with Gasteiger partial charge in [0.25, 0.3) is 0 Å². The quantitative estimate of drug-likeness (QED) is 0.886. The van der Waals surface area contributed by atoms with Crippen LogP contribution in [0.1, 0.15) is 36.6 Å². The summed E-state index contributed by atoms with van der Waals surface area (Å²) in [5.74, 6) is 0.827. The largest absolute Gasteiger partial charge is 0.457 e. The highest BCUT2D eigenvalue weighted by atomic mass is 19.1. The van der Waals surface area contributed by atoms with Gasteiger partial charge in [-0.1, -0.05) is 19.1 Å². The lowest BCUT2D eigenvalue weighted by atomic mass is 10.1. The number of ether oxygens (including phenoxy) is 1. The molecule has 0 bridgehead atoms. The van der Waals surface area contributed by atoms with Crippen molar-refractivity contribution in [2.24, 2.45) is 0 Å². The Hall–Kier alpha value is -1.87. The Morgan fingerprint density at radius 2 is 1.85 bits per heavy atom. The summed E-state index contributed by atoms with van der Waals surface area (Å²) < 4.78 is 19.4. The second-order valence-electron chi connectivity index (χ2n) is 4.91. The average molecular weight is 274 g/mol. The molecule has 0 fully saturated rings. The minimum Gasteiger partial charge on any atom is -0.457 e. The smallest absolute Gasteiger partial charge is 0.133 e. The molecule has 0 heterocycles. The van der Waals surface area contributed by atoms with Gasteiger partial charge in [0.05, 0.1) is 6.10 Å². The van der Waals surface area contributed by atoms with Crippen LogP contribution in [0.5, 0.6) is 11.5 Å². The van der Waals surface area contributed by atoms with Crippen LogP contribution in [0.4, 0.5) is 4.39 Å². The minimum absolute atomic E-state index is 0.338. The van der Waals surface area contributed by atoms with Crippen LogP contribution in [0.15, 0.2) is 36.4 Å². The fraction of sp³-hybridized carbons (Fsp3) is 0.294. The van der Waals surface area contributed by atoms with Crippen molar-refractivity contribution in [3.8, 4) is 11.5 Å². The van der Waals surface area contributed by atoms with E-state index >= 15 is 0 Å². The fourth-order valence-electron chi connectivity index (χ4n) is 2.01. The SMILES string of the molecule is CCc1ccc(Oc2cc(C)c(F)cc2C(C)O)cc1. The third kappa shape index (κ3) is 3.17. The maximum atomic E-state index is 13.6. The number of benzene rings is 2. The summed E-state index contributed by atoms with van der Waals surface area (Å²) in [6.45, 7) is 5.36. The lowest BCUT2D eigenvalue weighted by Crippen LogP contribution is -1.99. The van der Waals surface area contributed by atoms with Crippen LogP contribution < -0.4 is 4.74 Å². The van der Waals surface area contributed by atoms with Crippen LogP contribution in [0.25, 0.3) is 0 Å². The molecule has 2 rings (SSSR count). The fourth-order valence-corrected chi connectivity index (χ4v) is 2.01. The molecule has 1 N–H and O–H groups in total. The maximum Gasteiger partial charge on any atom is 0.133 e. The van der Waals surface area contributed by atoms with Gasteiger partial charge in [-0.2, -0.15) is 0 Å². The summed E-state index contributed by atoms with van der Waals surface area (Å²) in [6, 6.07) is 10.7. The van der Waals surface area contributed by atoms with Crippen molar-refractivity contribution in [1.82, 2.24) is 0 Å². The third-order valence-electron chi connectivity index (χ3n) is 3.30. The second-order valence-corrected chi connectivity index (χ2v) is 4.91. The average Bonchev–Trinajstić information content (AvgIpc) is 2.43. The second kappa shape index (κ2) is 6.06. The van der Waals surface area contributed by atoms with Crippen LogP contribution in [0.3, 0.4) is 0 Å². The Morgan fingerprint density at radius 3 is 2.40 bits per heavy atom. The molecule has 0 aliphatic rings. The van der Waals surface area contributed by atoms with Gasteiger partial charge in [0.1, 0.15) is 17.3 Å². The number of hydrogen-bond acceptors (Lipinski definition) is 2. The first kappa shape index (κ1) is 14.5. The molecule has 2 aromatic carbocycles. The Bertz CT molecular complexity index is 589. The number of hydrogen-bond donors (Lipinski definition) is 1. The van der Waals surface area contributed by atoms with E-state index in [4.69, 9.17) is 4.74 Å². The first-order valence-corrected chi connectivity index (χ1v) is 6.76. The summed E-state index contributed by atoms with van der Waals surface area (Å²) >= 11 is 0. The van der Waals surface area contributed by atoms with Gasteiger partial charge in [0.15, 0.2) is 0 Å². The normalized spacial score (nSPS) is 12.2. The molecule has 0 spiro atoms. The van der Waals surface area contributed by atoms with E-state index in [1.54, 1.807) is 19.9 Å². The molecule has 0 radical (unpaired) electrons. The van der Waals surface area contributed by atoms with Crippen molar-refractivity contribution >= 4 is 0 Å². The van der Waals surface area contributed by atoms with Crippen molar-refractivity contribution < 1.29 is 14.2 Å². The predicted octanol–water partition coefficient (Wildman–Crippen LogP) is 4.54. The van der Waals surface area contributed by atoms with Gasteiger partial charge in [-0.25, -0.2) is 4.39 Å². The van der Waals surface area contributed by atoms with Crippen LogP contribution in [-0.2, 0) is 6.42 Å². The number of aliphatic hydroxyl groups excluding tert-OH is 1.